The van der Waals surface area contributed by atoms with Crippen molar-refractivity contribution in [3.63, 3.8) is 0 Å². The third kappa shape index (κ3) is 4.41. The molecule has 0 aliphatic heterocycles. The van der Waals surface area contributed by atoms with Crippen molar-refractivity contribution in [2.45, 2.75) is 44.4 Å². The van der Waals surface area contributed by atoms with Gasteiger partial charge in [-0.1, -0.05) is 31.2 Å². The average Bonchev–Trinajstić information content (AvgIpc) is 2.90. The van der Waals surface area contributed by atoms with Crippen LogP contribution in [0, 0.1) is 11.8 Å². The van der Waals surface area contributed by atoms with Gasteiger partial charge in [0.1, 0.15) is 22.8 Å². The molecule has 3 aliphatic carbocycles. The van der Waals surface area contributed by atoms with Crippen molar-refractivity contribution >= 4 is 23.2 Å². The van der Waals surface area contributed by atoms with E-state index in [0.717, 1.165) is 36.2 Å². The summed E-state index contributed by atoms with van der Waals surface area (Å²) in [6.45, 7) is 3.82. The number of ketones is 2. The first kappa shape index (κ1) is 29.5. The van der Waals surface area contributed by atoms with E-state index in [1.54, 1.807) is 20.2 Å². The second kappa shape index (κ2) is 10.7. The number of aliphatic hydroxyl groups excluding tert-OH is 2. The molecule has 1 fully saturated rings. The molecule has 0 spiro atoms. The lowest BCUT2D eigenvalue weighted by Gasteiger charge is -2.50. The summed E-state index contributed by atoms with van der Waals surface area (Å²) in [5, 5.41) is 45.2. The van der Waals surface area contributed by atoms with Crippen molar-refractivity contribution in [2.75, 3.05) is 27.7 Å². The minimum absolute atomic E-state index is 0.0444. The normalized spacial score (nSPS) is 25.5. The number of phenols is 1. The maximum atomic E-state index is 14.0. The number of likely N-dealkylation sites (N-methyl/N-ethyl adjacent to an activating group) is 1. The summed E-state index contributed by atoms with van der Waals surface area (Å²) in [5.74, 6) is -6.63. The van der Waals surface area contributed by atoms with E-state index in [9.17, 15) is 34.8 Å². The van der Waals surface area contributed by atoms with Crippen LogP contribution >= 0.6 is 0 Å². The summed E-state index contributed by atoms with van der Waals surface area (Å²) in [6, 6.07) is 10.1. The van der Waals surface area contributed by atoms with Crippen LogP contribution in [-0.4, -0.2) is 87.0 Å². The Kier molecular flexibility index (Phi) is 7.51. The van der Waals surface area contributed by atoms with Gasteiger partial charge in [-0.25, -0.2) is 0 Å². The summed E-state index contributed by atoms with van der Waals surface area (Å²) in [6.07, 6.45) is 1.31. The summed E-state index contributed by atoms with van der Waals surface area (Å²) < 4.78 is 0. The number of hydrogen-bond acceptors (Lipinski definition) is 9. The number of hydrogen-bond donors (Lipinski definition) is 5. The number of benzene rings is 2. The average molecular weight is 576 g/mol. The molecule has 0 saturated heterocycles. The highest BCUT2D eigenvalue weighted by Crippen LogP contribution is 2.53. The smallest absolute Gasteiger partial charge is 0.255 e. The number of carbonyl (C=O) groups is 3. The molecule has 0 bridgehead atoms. The van der Waals surface area contributed by atoms with Gasteiger partial charge in [0, 0.05) is 18.0 Å². The lowest BCUT2D eigenvalue weighted by molar-refractivity contribution is -0.153. The number of rotatable bonds is 7. The fourth-order valence-electron chi connectivity index (χ4n) is 7.12. The van der Waals surface area contributed by atoms with Crippen LogP contribution in [0.25, 0.3) is 16.9 Å². The first-order chi connectivity index (χ1) is 19.8. The van der Waals surface area contributed by atoms with Gasteiger partial charge in [-0.15, -0.1) is 0 Å². The molecule has 4 atom stereocenters. The predicted molar refractivity (Wildman–Crippen MR) is 156 cm³/mol. The number of carbonyl (C=O) groups excluding carboxylic acids is 3. The zero-order valence-electron chi connectivity index (χ0n) is 24.2. The largest absolute Gasteiger partial charge is 0.508 e. The molecule has 3 aliphatic rings. The number of Topliss-reactive ketones (excluding diaryl/α,β-unsaturated/α-hetero) is 2. The van der Waals surface area contributed by atoms with Crippen LogP contribution < -0.4 is 5.73 Å². The maximum absolute atomic E-state index is 14.0. The Labute approximate surface area is 244 Å². The van der Waals surface area contributed by atoms with Gasteiger partial charge in [0.15, 0.2) is 11.4 Å². The highest BCUT2D eigenvalue weighted by Gasteiger charge is 2.64. The van der Waals surface area contributed by atoms with E-state index in [0.29, 0.717) is 5.56 Å². The molecule has 1 saturated carbocycles. The van der Waals surface area contributed by atoms with Gasteiger partial charge in [-0.3, -0.25) is 19.3 Å². The molecule has 10 nitrogen and oxygen atoms in total. The summed E-state index contributed by atoms with van der Waals surface area (Å²) >= 11 is 0. The minimum atomic E-state index is -2.66. The van der Waals surface area contributed by atoms with Crippen LogP contribution in [-0.2, 0) is 27.3 Å². The van der Waals surface area contributed by atoms with Gasteiger partial charge in [-0.2, -0.15) is 0 Å². The molecular formula is C32H37N3O7. The predicted octanol–water partition coefficient (Wildman–Crippen LogP) is 2.47. The van der Waals surface area contributed by atoms with Crippen molar-refractivity contribution in [1.29, 1.82) is 0 Å². The number of primary amides is 1. The highest BCUT2D eigenvalue weighted by atomic mass is 16.3. The summed E-state index contributed by atoms with van der Waals surface area (Å²) in [4.78, 5) is 43.2. The Morgan fingerprint density at radius 2 is 1.81 bits per heavy atom. The van der Waals surface area contributed by atoms with E-state index < -0.39 is 58.0 Å². The Hall–Kier alpha value is -3.99. The van der Waals surface area contributed by atoms with Crippen molar-refractivity contribution in [3.05, 3.63) is 70.0 Å². The number of fused-ring (bicyclic) bond motifs is 3. The minimum Gasteiger partial charge on any atom is -0.508 e. The number of aliphatic hydroxyl groups is 3. The summed E-state index contributed by atoms with van der Waals surface area (Å²) in [5.41, 5.74) is 5.22. The molecule has 2 aromatic carbocycles. The van der Waals surface area contributed by atoms with Crippen molar-refractivity contribution in [2.24, 2.45) is 17.6 Å². The third-order valence-corrected chi connectivity index (χ3v) is 8.90. The van der Waals surface area contributed by atoms with E-state index in [1.165, 1.54) is 11.0 Å². The molecular weight excluding hydrogens is 538 g/mol. The van der Waals surface area contributed by atoms with Crippen LogP contribution in [0.1, 0.15) is 36.5 Å². The monoisotopic (exact) mass is 575 g/mol. The first-order valence-electron chi connectivity index (χ1n) is 14.1. The van der Waals surface area contributed by atoms with Gasteiger partial charge < -0.3 is 31.1 Å². The van der Waals surface area contributed by atoms with Gasteiger partial charge in [0.05, 0.1) is 11.6 Å². The van der Waals surface area contributed by atoms with Gasteiger partial charge in [0.25, 0.3) is 5.91 Å². The number of aromatic hydroxyl groups is 1. The van der Waals surface area contributed by atoms with Crippen molar-refractivity contribution in [1.82, 2.24) is 9.80 Å². The van der Waals surface area contributed by atoms with Crippen molar-refractivity contribution in [3.8, 4) is 16.9 Å². The summed E-state index contributed by atoms with van der Waals surface area (Å²) in [7, 11) is 5.21. The molecule has 5 rings (SSSR count). The molecule has 42 heavy (non-hydrogen) atoms. The standard InChI is InChI=1S/C32H37N3O7/c1-5-11-35(4)15-16-7-6-8-17(12-16)19-9-10-22(36)24-20(19)13-18-14-21-26(34(2)3)28(38)25(31(33)41)30(40)32(21,42)29(39)23(18)27(24)37/h6-10,12,18,21,26,36-37,40,42H,5,11,13-15H2,1-4H3,(H2,33,41)/t18-,21-,26-,32-/m0/s1. The van der Waals surface area contributed by atoms with Crippen molar-refractivity contribution < 1.29 is 34.8 Å². The highest BCUT2D eigenvalue weighted by molar-refractivity contribution is 6.24. The van der Waals surface area contributed by atoms with Crippen LogP contribution in [0.4, 0.5) is 0 Å². The molecule has 10 heteroatoms. The van der Waals surface area contributed by atoms with Gasteiger partial charge in [-0.05, 0) is 87.3 Å². The fraction of sp³-hybridized carbons (Fsp3) is 0.406. The zero-order chi connectivity index (χ0) is 30.7. The number of nitrogens with two attached hydrogens (primary N) is 1. The molecule has 2 aromatic rings. The molecule has 222 valence electrons. The molecule has 1 amide bonds. The molecule has 6 N–H and O–H groups in total. The van der Waals surface area contributed by atoms with E-state index in [-0.39, 0.29) is 29.7 Å². The molecule has 0 heterocycles. The van der Waals surface area contributed by atoms with Crippen LogP contribution in [0.15, 0.2) is 53.3 Å². The Balaban J connectivity index is 1.66. The topological polar surface area (TPSA) is 165 Å². The van der Waals surface area contributed by atoms with Gasteiger partial charge in [0.2, 0.25) is 5.78 Å². The SMILES string of the molecule is CCCN(C)Cc1cccc(-c2ccc(O)c3c2C[C@H]2C[C@H]4[C@H](N(C)C)C(=O)C(C(N)=O)=C(O)[C@@]4(O)C(=O)C2=C3O)c1. The zero-order valence-corrected chi connectivity index (χ0v) is 24.2. The van der Waals surface area contributed by atoms with E-state index in [1.807, 2.05) is 18.2 Å². The second-order valence-electron chi connectivity index (χ2n) is 11.9. The lowest BCUT2D eigenvalue weighted by atomic mass is 9.57. The molecule has 0 radical (unpaired) electrons. The fourth-order valence-corrected chi connectivity index (χ4v) is 7.12. The van der Waals surface area contributed by atoms with Crippen LogP contribution in [0.3, 0.4) is 0 Å². The molecule has 0 unspecified atom stereocenters. The quantitative estimate of drug-likeness (QED) is 0.312. The van der Waals surface area contributed by atoms with E-state index in [2.05, 4.69) is 24.9 Å². The number of nitrogens with zero attached hydrogens (tertiary/aromatic N) is 2. The number of amides is 1. The van der Waals surface area contributed by atoms with Crippen LogP contribution in [0.2, 0.25) is 0 Å². The van der Waals surface area contributed by atoms with E-state index >= 15 is 0 Å². The Morgan fingerprint density at radius 1 is 1.10 bits per heavy atom. The molecule has 0 aromatic heterocycles. The second-order valence-corrected chi connectivity index (χ2v) is 11.9. The first-order valence-corrected chi connectivity index (χ1v) is 14.1. The van der Waals surface area contributed by atoms with Gasteiger partial charge >= 0.3 is 0 Å². The third-order valence-electron chi connectivity index (χ3n) is 8.90. The maximum Gasteiger partial charge on any atom is 0.255 e. The Morgan fingerprint density at radius 3 is 2.45 bits per heavy atom. The number of phenolic OH excluding ortho intramolecular Hbond substituents is 1. The van der Waals surface area contributed by atoms with Crippen LogP contribution in [0.5, 0.6) is 5.75 Å². The van der Waals surface area contributed by atoms with E-state index in [4.69, 9.17) is 5.73 Å². The lowest BCUT2D eigenvalue weighted by Crippen LogP contribution is -2.65. The Bertz CT molecular complexity index is 1560.